The van der Waals surface area contributed by atoms with Gasteiger partial charge in [-0.25, -0.2) is 4.98 Å². The zero-order chi connectivity index (χ0) is 25.0. The SMILES string of the molecule is [B]C([B])(O)n1cc(Nc2ncc3cc(C#N)n([C@H]4COCC4C)c3n2)c(OC2COC(C)(C)C2)n1. The predicted molar refractivity (Wildman–Crippen MR) is 128 cm³/mol. The van der Waals surface area contributed by atoms with Crippen molar-refractivity contribution in [1.82, 2.24) is 24.3 Å². The summed E-state index contributed by atoms with van der Waals surface area (Å²) >= 11 is 0. The Labute approximate surface area is 205 Å². The summed E-state index contributed by atoms with van der Waals surface area (Å²) in [4.78, 5) is 9.06. The highest BCUT2D eigenvalue weighted by Gasteiger charge is 2.35. The van der Waals surface area contributed by atoms with Crippen LogP contribution in [0.4, 0.5) is 11.6 Å². The van der Waals surface area contributed by atoms with Crippen LogP contribution in [0.25, 0.3) is 11.0 Å². The first-order valence-corrected chi connectivity index (χ1v) is 11.4. The lowest BCUT2D eigenvalue weighted by atomic mass is 9.73. The molecule has 2 N–H and O–H groups in total. The summed E-state index contributed by atoms with van der Waals surface area (Å²) in [7, 11) is 11.3. The molecule has 0 aromatic carbocycles. The standard InChI is InChI=1S/C22H25B2N7O4/c1-12-9-33-11-17(12)31-14(6-25)4-13-7-26-20(28-18(13)31)27-16-8-30(22(23,24)32)29-19(16)35-15-5-21(2,3)34-10-15/h4,7-8,12,15,17,32H,5,9-11H2,1-3H3,(H,26,27,28)/t12?,15?,17-/m0/s1. The number of hydrogen-bond donors (Lipinski definition) is 2. The van der Waals surface area contributed by atoms with E-state index in [1.54, 1.807) is 12.3 Å². The van der Waals surface area contributed by atoms with E-state index in [0.29, 0.717) is 43.3 Å². The average Bonchev–Trinajstić information content (AvgIpc) is 3.54. The average molecular weight is 473 g/mol. The van der Waals surface area contributed by atoms with Crippen molar-refractivity contribution >= 4 is 38.4 Å². The first-order chi connectivity index (χ1) is 16.5. The van der Waals surface area contributed by atoms with Gasteiger partial charge in [0.2, 0.25) is 5.95 Å². The minimum absolute atomic E-state index is 0.0123. The molecule has 0 amide bonds. The van der Waals surface area contributed by atoms with E-state index in [1.807, 2.05) is 18.4 Å². The molecule has 2 fully saturated rings. The van der Waals surface area contributed by atoms with Crippen LogP contribution >= 0.6 is 0 Å². The molecule has 2 unspecified atom stereocenters. The van der Waals surface area contributed by atoms with Crippen LogP contribution in [0.3, 0.4) is 0 Å². The highest BCUT2D eigenvalue weighted by molar-refractivity contribution is 6.36. The third-order valence-electron chi connectivity index (χ3n) is 6.30. The quantitative estimate of drug-likeness (QED) is 0.509. The molecule has 2 saturated heterocycles. The summed E-state index contributed by atoms with van der Waals surface area (Å²) in [6.07, 6.45) is 3.46. The second-order valence-corrected chi connectivity index (χ2v) is 9.78. The van der Waals surface area contributed by atoms with Gasteiger partial charge in [-0.1, -0.05) is 6.92 Å². The highest BCUT2D eigenvalue weighted by Crippen LogP contribution is 2.34. The van der Waals surface area contributed by atoms with Crippen LogP contribution in [-0.4, -0.2) is 76.6 Å². The van der Waals surface area contributed by atoms with Crippen molar-refractivity contribution in [3.8, 4) is 11.9 Å². The molecule has 2 aliphatic rings. The molecule has 0 saturated carbocycles. The first kappa shape index (κ1) is 23.7. The van der Waals surface area contributed by atoms with Gasteiger partial charge in [0.15, 0.2) is 0 Å². The van der Waals surface area contributed by atoms with Crippen molar-refractivity contribution < 1.29 is 19.3 Å². The fourth-order valence-electron chi connectivity index (χ4n) is 4.52. The van der Waals surface area contributed by atoms with Crippen molar-refractivity contribution in [2.24, 2.45) is 5.92 Å². The molecule has 13 heteroatoms. The lowest BCUT2D eigenvalue weighted by Crippen LogP contribution is -2.34. The number of hydrogen-bond acceptors (Lipinski definition) is 9. The molecule has 11 nitrogen and oxygen atoms in total. The number of rotatable bonds is 6. The maximum Gasteiger partial charge on any atom is 0.257 e. The zero-order valence-corrected chi connectivity index (χ0v) is 19.8. The van der Waals surface area contributed by atoms with E-state index >= 15 is 0 Å². The maximum absolute atomic E-state index is 10.1. The predicted octanol–water partition coefficient (Wildman–Crippen LogP) is 1.29. The van der Waals surface area contributed by atoms with E-state index in [1.165, 1.54) is 6.20 Å². The first-order valence-electron chi connectivity index (χ1n) is 11.4. The van der Waals surface area contributed by atoms with E-state index in [2.05, 4.69) is 33.4 Å². The summed E-state index contributed by atoms with van der Waals surface area (Å²) in [6.45, 7) is 7.56. The molecule has 0 aliphatic carbocycles. The molecule has 5 heterocycles. The summed E-state index contributed by atoms with van der Waals surface area (Å²) in [5.74, 6) is 0.644. The Hall–Kier alpha value is -3.07. The molecule has 2 aliphatic heterocycles. The monoisotopic (exact) mass is 473 g/mol. The number of ether oxygens (including phenoxy) is 3. The van der Waals surface area contributed by atoms with Gasteiger partial charge in [-0.15, -0.1) is 5.10 Å². The van der Waals surface area contributed by atoms with Crippen molar-refractivity contribution in [3.63, 3.8) is 0 Å². The summed E-state index contributed by atoms with van der Waals surface area (Å²) in [5, 5.41) is 27.8. The van der Waals surface area contributed by atoms with Crippen LogP contribution in [0.15, 0.2) is 18.5 Å². The minimum Gasteiger partial charge on any atom is -0.469 e. The normalized spacial score (nSPS) is 24.0. The number of nitriles is 1. The van der Waals surface area contributed by atoms with E-state index in [0.717, 1.165) is 10.1 Å². The Bertz CT molecular complexity index is 1290. The molecule has 35 heavy (non-hydrogen) atoms. The van der Waals surface area contributed by atoms with Crippen molar-refractivity contribution in [2.45, 2.75) is 50.5 Å². The van der Waals surface area contributed by atoms with Crippen LogP contribution in [0.2, 0.25) is 0 Å². The third-order valence-corrected chi connectivity index (χ3v) is 6.30. The molecular formula is C22H25B2N7O4. The minimum atomic E-state index is -2.23. The number of anilines is 2. The largest absolute Gasteiger partial charge is 0.469 e. The second-order valence-electron chi connectivity index (χ2n) is 9.78. The van der Waals surface area contributed by atoms with Gasteiger partial charge in [-0.3, -0.25) is 4.68 Å². The fraction of sp³-hybridized carbons (Fsp3) is 0.545. The molecule has 3 aromatic heterocycles. The van der Waals surface area contributed by atoms with Gasteiger partial charge in [0.05, 0.1) is 43.2 Å². The van der Waals surface area contributed by atoms with Crippen LogP contribution < -0.4 is 10.1 Å². The number of nitrogens with one attached hydrogen (secondary N) is 1. The van der Waals surface area contributed by atoms with Crippen molar-refractivity contribution in [1.29, 1.82) is 5.26 Å². The second kappa shape index (κ2) is 8.55. The van der Waals surface area contributed by atoms with Crippen LogP contribution in [0, 0.1) is 17.2 Å². The van der Waals surface area contributed by atoms with Gasteiger partial charge in [0.25, 0.3) is 5.88 Å². The van der Waals surface area contributed by atoms with Crippen LogP contribution in [0.5, 0.6) is 5.88 Å². The Kier molecular flexibility index (Phi) is 5.78. The Morgan fingerprint density at radius 2 is 2.14 bits per heavy atom. The topological polar surface area (TPSA) is 132 Å². The Balaban J connectivity index is 1.49. The summed E-state index contributed by atoms with van der Waals surface area (Å²) in [5.41, 5.74) is -1.09. The van der Waals surface area contributed by atoms with Gasteiger partial charge >= 0.3 is 0 Å². The van der Waals surface area contributed by atoms with Gasteiger partial charge in [-0.2, -0.15) is 10.2 Å². The molecular weight excluding hydrogens is 448 g/mol. The summed E-state index contributed by atoms with van der Waals surface area (Å²) in [6, 6.07) is 4.00. The molecule has 178 valence electrons. The molecule has 3 atom stereocenters. The van der Waals surface area contributed by atoms with Crippen molar-refractivity contribution in [2.75, 3.05) is 25.1 Å². The Morgan fingerprint density at radius 1 is 1.34 bits per heavy atom. The lowest BCUT2D eigenvalue weighted by Gasteiger charge is -2.18. The van der Waals surface area contributed by atoms with E-state index in [4.69, 9.17) is 29.9 Å². The smallest absolute Gasteiger partial charge is 0.257 e. The molecule has 5 rings (SSSR count). The van der Waals surface area contributed by atoms with Crippen molar-refractivity contribution in [3.05, 3.63) is 24.2 Å². The van der Waals surface area contributed by atoms with E-state index in [-0.39, 0.29) is 35.5 Å². The number of nitrogens with zero attached hydrogens (tertiary/aromatic N) is 6. The maximum atomic E-state index is 10.1. The zero-order valence-electron chi connectivity index (χ0n) is 19.8. The van der Waals surface area contributed by atoms with E-state index < -0.39 is 5.52 Å². The van der Waals surface area contributed by atoms with Crippen LogP contribution in [0.1, 0.15) is 38.9 Å². The molecule has 0 spiro atoms. The van der Waals surface area contributed by atoms with Gasteiger partial charge < -0.3 is 29.2 Å². The third kappa shape index (κ3) is 4.61. The number of aromatic nitrogens is 5. The molecule has 0 bridgehead atoms. The van der Waals surface area contributed by atoms with Gasteiger partial charge in [-0.05, 0) is 19.9 Å². The van der Waals surface area contributed by atoms with Crippen LogP contribution in [-0.2, 0) is 15.0 Å². The number of aliphatic hydroxyl groups is 1. The highest BCUT2D eigenvalue weighted by atomic mass is 16.6. The van der Waals surface area contributed by atoms with E-state index in [9.17, 15) is 10.4 Å². The summed E-state index contributed by atoms with van der Waals surface area (Å²) < 4.78 is 20.3. The van der Waals surface area contributed by atoms with Gasteiger partial charge in [0.1, 0.15) is 44.9 Å². The fourth-order valence-corrected chi connectivity index (χ4v) is 4.52. The Morgan fingerprint density at radius 3 is 2.77 bits per heavy atom. The van der Waals surface area contributed by atoms with Gasteiger partial charge in [0, 0.05) is 23.9 Å². The molecule has 3 aromatic rings. The lowest BCUT2D eigenvalue weighted by molar-refractivity contribution is 0.0317. The molecule has 4 radical (unpaired) electrons. The number of fused-ring (bicyclic) bond motifs is 1.